The van der Waals surface area contributed by atoms with E-state index in [9.17, 15) is 0 Å². The Bertz CT molecular complexity index is 288. The summed E-state index contributed by atoms with van der Waals surface area (Å²) in [6.45, 7) is 6.63. The van der Waals surface area contributed by atoms with Crippen LogP contribution in [0, 0.1) is 0 Å². The maximum atomic E-state index is 3.48. The summed E-state index contributed by atoms with van der Waals surface area (Å²) in [6, 6.07) is 4.28. The molecule has 0 aromatic carbocycles. The molecule has 0 aliphatic heterocycles. The lowest BCUT2D eigenvalue weighted by Gasteiger charge is -2.15. The average molecular weight is 305 g/mol. The lowest BCUT2D eigenvalue weighted by molar-refractivity contribution is 0.325. The van der Waals surface area contributed by atoms with Gasteiger partial charge in [0.25, 0.3) is 0 Å². The standard InChI is InChI=1S/C12H21BrN2S/c1-3-4-8-15(2)9-7-14-10-11-5-6-12(13)16-11/h5-6,14H,3-4,7-10H2,1-2H3. The highest BCUT2D eigenvalue weighted by Gasteiger charge is 1.99. The SMILES string of the molecule is CCCCN(C)CCNCc1ccc(Br)s1. The highest BCUT2D eigenvalue weighted by molar-refractivity contribution is 9.11. The predicted octanol–water partition coefficient (Wildman–Crippen LogP) is 3.33. The molecule has 0 aliphatic rings. The fraction of sp³-hybridized carbons (Fsp3) is 0.667. The van der Waals surface area contributed by atoms with Crippen molar-refractivity contribution in [1.82, 2.24) is 10.2 Å². The van der Waals surface area contributed by atoms with Gasteiger partial charge in [-0.05, 0) is 48.1 Å². The van der Waals surface area contributed by atoms with E-state index in [4.69, 9.17) is 0 Å². The number of likely N-dealkylation sites (N-methyl/N-ethyl adjacent to an activating group) is 1. The first-order chi connectivity index (χ1) is 7.72. The Hall–Kier alpha value is 0.1000. The molecule has 2 nitrogen and oxygen atoms in total. The zero-order valence-electron chi connectivity index (χ0n) is 10.1. The molecule has 0 aliphatic carbocycles. The third-order valence-electron chi connectivity index (χ3n) is 2.49. The van der Waals surface area contributed by atoms with Crippen molar-refractivity contribution in [3.8, 4) is 0 Å². The van der Waals surface area contributed by atoms with Gasteiger partial charge in [0.2, 0.25) is 0 Å². The van der Waals surface area contributed by atoms with Gasteiger partial charge in [-0.25, -0.2) is 0 Å². The molecule has 1 aromatic heterocycles. The van der Waals surface area contributed by atoms with Gasteiger partial charge in [-0.3, -0.25) is 0 Å². The van der Waals surface area contributed by atoms with Crippen molar-refractivity contribution in [2.24, 2.45) is 0 Å². The Morgan fingerprint density at radius 2 is 2.19 bits per heavy atom. The van der Waals surface area contributed by atoms with Crippen LogP contribution in [0.3, 0.4) is 0 Å². The fourth-order valence-corrected chi connectivity index (χ4v) is 2.92. The predicted molar refractivity (Wildman–Crippen MR) is 76.1 cm³/mol. The van der Waals surface area contributed by atoms with E-state index in [0.29, 0.717) is 0 Å². The minimum atomic E-state index is 0.984. The van der Waals surface area contributed by atoms with Gasteiger partial charge in [-0.2, -0.15) is 0 Å². The van der Waals surface area contributed by atoms with Crippen LogP contribution in [0.1, 0.15) is 24.6 Å². The summed E-state index contributed by atoms with van der Waals surface area (Å²) in [6.07, 6.45) is 2.58. The van der Waals surface area contributed by atoms with Crippen LogP contribution in [0.4, 0.5) is 0 Å². The van der Waals surface area contributed by atoms with Gasteiger partial charge in [0, 0.05) is 24.5 Å². The van der Waals surface area contributed by atoms with Crippen molar-refractivity contribution in [2.75, 3.05) is 26.7 Å². The summed E-state index contributed by atoms with van der Waals surface area (Å²) in [5.41, 5.74) is 0. The first kappa shape index (κ1) is 14.2. The fourth-order valence-electron chi connectivity index (χ4n) is 1.47. The average Bonchev–Trinajstić information content (AvgIpc) is 2.67. The van der Waals surface area contributed by atoms with Crippen LogP contribution in [0.25, 0.3) is 0 Å². The molecule has 0 atom stereocenters. The molecule has 16 heavy (non-hydrogen) atoms. The number of unbranched alkanes of at least 4 members (excludes halogenated alkanes) is 1. The Morgan fingerprint density at radius 3 is 2.81 bits per heavy atom. The van der Waals surface area contributed by atoms with Crippen LogP contribution in [0.2, 0.25) is 0 Å². The number of thiophene rings is 1. The molecule has 0 saturated heterocycles. The van der Waals surface area contributed by atoms with Crippen LogP contribution < -0.4 is 5.32 Å². The van der Waals surface area contributed by atoms with Gasteiger partial charge in [0.05, 0.1) is 3.79 Å². The molecular weight excluding hydrogens is 284 g/mol. The highest BCUT2D eigenvalue weighted by atomic mass is 79.9. The number of rotatable bonds is 8. The Labute approximate surface area is 111 Å². The van der Waals surface area contributed by atoms with Crippen LogP contribution in [0.5, 0.6) is 0 Å². The minimum absolute atomic E-state index is 0.984. The van der Waals surface area contributed by atoms with Gasteiger partial charge in [0.15, 0.2) is 0 Å². The Balaban J connectivity index is 2.03. The smallest absolute Gasteiger partial charge is 0.0701 e. The number of nitrogens with one attached hydrogen (secondary N) is 1. The number of hydrogen-bond donors (Lipinski definition) is 1. The Kier molecular flexibility index (Phi) is 7.28. The molecule has 92 valence electrons. The van der Waals surface area contributed by atoms with Crippen LogP contribution >= 0.6 is 27.3 Å². The van der Waals surface area contributed by atoms with E-state index in [1.165, 1.54) is 28.0 Å². The molecule has 1 N–H and O–H groups in total. The topological polar surface area (TPSA) is 15.3 Å². The molecular formula is C12H21BrN2S. The molecule has 4 heteroatoms. The van der Waals surface area contributed by atoms with Crippen molar-refractivity contribution < 1.29 is 0 Å². The van der Waals surface area contributed by atoms with E-state index < -0.39 is 0 Å². The summed E-state index contributed by atoms with van der Waals surface area (Å²) in [5.74, 6) is 0. The van der Waals surface area contributed by atoms with Crippen molar-refractivity contribution in [1.29, 1.82) is 0 Å². The molecule has 0 saturated carbocycles. The summed E-state index contributed by atoms with van der Waals surface area (Å²) in [5, 5.41) is 3.47. The Morgan fingerprint density at radius 1 is 1.38 bits per heavy atom. The first-order valence-electron chi connectivity index (χ1n) is 5.86. The normalized spacial score (nSPS) is 11.2. The van der Waals surface area contributed by atoms with Crippen molar-refractivity contribution in [3.63, 3.8) is 0 Å². The maximum Gasteiger partial charge on any atom is 0.0701 e. The zero-order valence-corrected chi connectivity index (χ0v) is 12.5. The van der Waals surface area contributed by atoms with Crippen molar-refractivity contribution in [3.05, 3.63) is 20.8 Å². The summed E-state index contributed by atoms with van der Waals surface area (Å²) < 4.78 is 1.21. The minimum Gasteiger partial charge on any atom is -0.311 e. The largest absolute Gasteiger partial charge is 0.311 e. The zero-order chi connectivity index (χ0) is 11.8. The maximum absolute atomic E-state index is 3.48. The van der Waals surface area contributed by atoms with E-state index in [-0.39, 0.29) is 0 Å². The molecule has 1 heterocycles. The highest BCUT2D eigenvalue weighted by Crippen LogP contribution is 2.21. The second-order valence-corrected chi connectivity index (χ2v) is 6.59. The van der Waals surface area contributed by atoms with E-state index >= 15 is 0 Å². The molecule has 0 amide bonds. The van der Waals surface area contributed by atoms with Gasteiger partial charge >= 0.3 is 0 Å². The van der Waals surface area contributed by atoms with E-state index in [0.717, 1.165) is 19.6 Å². The summed E-state index contributed by atoms with van der Waals surface area (Å²) >= 11 is 5.28. The second-order valence-electron chi connectivity index (χ2n) is 4.04. The van der Waals surface area contributed by atoms with Gasteiger partial charge in [0.1, 0.15) is 0 Å². The second kappa shape index (κ2) is 8.23. The quantitative estimate of drug-likeness (QED) is 0.741. The number of hydrogen-bond acceptors (Lipinski definition) is 3. The summed E-state index contributed by atoms with van der Waals surface area (Å²) in [7, 11) is 2.19. The molecule has 0 unspecified atom stereocenters. The monoisotopic (exact) mass is 304 g/mol. The molecule has 1 aromatic rings. The van der Waals surface area contributed by atoms with Crippen molar-refractivity contribution in [2.45, 2.75) is 26.3 Å². The van der Waals surface area contributed by atoms with Gasteiger partial charge < -0.3 is 10.2 Å². The lowest BCUT2D eigenvalue weighted by atomic mass is 10.3. The number of halogens is 1. The van der Waals surface area contributed by atoms with E-state index in [2.05, 4.69) is 52.3 Å². The lowest BCUT2D eigenvalue weighted by Crippen LogP contribution is -2.29. The summed E-state index contributed by atoms with van der Waals surface area (Å²) in [4.78, 5) is 3.78. The molecule has 0 fully saturated rings. The third-order valence-corrected chi connectivity index (χ3v) is 4.12. The van der Waals surface area contributed by atoms with Crippen LogP contribution in [-0.4, -0.2) is 31.6 Å². The van der Waals surface area contributed by atoms with Gasteiger partial charge in [-0.15, -0.1) is 11.3 Å². The molecule has 0 bridgehead atoms. The van der Waals surface area contributed by atoms with Crippen molar-refractivity contribution >= 4 is 27.3 Å². The van der Waals surface area contributed by atoms with Crippen LogP contribution in [-0.2, 0) is 6.54 Å². The third kappa shape index (κ3) is 5.99. The first-order valence-corrected chi connectivity index (χ1v) is 7.46. The van der Waals surface area contributed by atoms with Gasteiger partial charge in [-0.1, -0.05) is 13.3 Å². The van der Waals surface area contributed by atoms with E-state index in [1.807, 2.05) is 0 Å². The number of nitrogens with zero attached hydrogens (tertiary/aromatic N) is 1. The van der Waals surface area contributed by atoms with Crippen LogP contribution in [0.15, 0.2) is 15.9 Å². The molecule has 0 spiro atoms. The molecule has 1 rings (SSSR count). The van der Waals surface area contributed by atoms with E-state index in [1.54, 1.807) is 11.3 Å². The molecule has 0 radical (unpaired) electrons.